The monoisotopic (exact) mass is 439 g/mol. The molecule has 0 aromatic heterocycles. The van der Waals surface area contributed by atoms with Crippen molar-refractivity contribution >= 4 is 39.1 Å². The Morgan fingerprint density at radius 3 is 2.43 bits per heavy atom. The highest BCUT2D eigenvalue weighted by Gasteiger charge is 2.48. The van der Waals surface area contributed by atoms with E-state index in [1.165, 1.54) is 4.90 Å². The number of halogens is 6. The van der Waals surface area contributed by atoms with Crippen LogP contribution >= 0.6 is 11.6 Å². The number of hydrogen-bond acceptors (Lipinski definition) is 4. The summed E-state index contributed by atoms with van der Waals surface area (Å²) in [6.07, 6.45) is 0.709. The first kappa shape index (κ1) is 20.5. The molecule has 150 valence electrons. The lowest BCUT2D eigenvalue weighted by atomic mass is 10.00. The van der Waals surface area contributed by atoms with E-state index in [2.05, 4.69) is 0 Å². The molecule has 3 rings (SSSR count). The predicted molar refractivity (Wildman–Crippen MR) is 91.8 cm³/mol. The summed E-state index contributed by atoms with van der Waals surface area (Å²) in [6, 6.07) is 3.34. The van der Waals surface area contributed by atoms with E-state index in [-0.39, 0.29) is 24.2 Å². The molecule has 0 spiro atoms. The van der Waals surface area contributed by atoms with Gasteiger partial charge in [0, 0.05) is 12.6 Å². The number of anilines is 2. The summed E-state index contributed by atoms with van der Waals surface area (Å²) >= 11 is 6.05. The molecule has 0 atom stereocenters. The van der Waals surface area contributed by atoms with Gasteiger partial charge in [0.2, 0.25) is 0 Å². The van der Waals surface area contributed by atoms with Crippen molar-refractivity contribution in [1.82, 2.24) is 0 Å². The molecule has 1 aliphatic rings. The first-order valence-electron chi connectivity index (χ1n) is 7.83. The topological polar surface area (TPSA) is 54.5 Å². The Morgan fingerprint density at radius 2 is 1.82 bits per heavy atom. The highest BCUT2D eigenvalue weighted by atomic mass is 35.5. The molecule has 0 unspecified atom stereocenters. The highest BCUT2D eigenvalue weighted by molar-refractivity contribution is 7.92. The molecule has 0 saturated heterocycles. The molecule has 0 aliphatic carbocycles. The van der Waals surface area contributed by atoms with Crippen LogP contribution in [0.2, 0.25) is 5.02 Å². The molecule has 4 nitrogen and oxygen atoms in total. The summed E-state index contributed by atoms with van der Waals surface area (Å²) in [5.41, 5.74) is -6.28. The number of aryl methyl sites for hydroxylation is 1. The lowest BCUT2D eigenvalue weighted by Gasteiger charge is -2.32. The Kier molecular flexibility index (Phi) is 5.13. The van der Waals surface area contributed by atoms with Crippen molar-refractivity contribution < 1.29 is 35.2 Å². The van der Waals surface area contributed by atoms with Gasteiger partial charge in [-0.1, -0.05) is 11.6 Å². The molecule has 0 fully saturated rings. The third-order valence-electron chi connectivity index (χ3n) is 4.33. The lowest BCUT2D eigenvalue weighted by molar-refractivity contribution is -0.0436. The van der Waals surface area contributed by atoms with Crippen molar-refractivity contribution in [2.45, 2.75) is 23.2 Å². The minimum Gasteiger partial charge on any atom is -0.338 e. The molecule has 28 heavy (non-hydrogen) atoms. The van der Waals surface area contributed by atoms with Crippen LogP contribution in [0.1, 0.15) is 22.3 Å². The molecule has 1 heterocycles. The third kappa shape index (κ3) is 3.24. The Labute approximate surface area is 161 Å². The fraction of sp³-hybridized carbons (Fsp3) is 0.235. The molecule has 0 bridgehead atoms. The van der Waals surface area contributed by atoms with Crippen LogP contribution in [0.4, 0.5) is 33.3 Å². The van der Waals surface area contributed by atoms with Gasteiger partial charge in [0.1, 0.15) is 11.6 Å². The SMILES string of the molecule is O=Cc1c(S(=O)(=O)C(F)(F)F)ccc(N2CCCc3cc(F)cc(F)c32)c1Cl. The van der Waals surface area contributed by atoms with E-state index in [9.17, 15) is 35.2 Å². The molecule has 11 heteroatoms. The van der Waals surface area contributed by atoms with E-state index >= 15 is 0 Å². The van der Waals surface area contributed by atoms with Crippen LogP contribution in [0.5, 0.6) is 0 Å². The largest absolute Gasteiger partial charge is 0.501 e. The summed E-state index contributed by atoms with van der Waals surface area (Å²) in [6.45, 7) is 0.180. The van der Waals surface area contributed by atoms with Crippen LogP contribution in [0.3, 0.4) is 0 Å². The second-order valence-electron chi connectivity index (χ2n) is 6.03. The normalized spacial score (nSPS) is 14.7. The smallest absolute Gasteiger partial charge is 0.338 e. The Bertz CT molecular complexity index is 1070. The van der Waals surface area contributed by atoms with Crippen molar-refractivity contribution in [2.75, 3.05) is 11.4 Å². The zero-order chi connectivity index (χ0) is 20.9. The summed E-state index contributed by atoms with van der Waals surface area (Å²) in [5.74, 6) is -1.70. The number of carbonyl (C=O) groups is 1. The predicted octanol–water partition coefficient (Wildman–Crippen LogP) is 4.81. The average molecular weight is 440 g/mol. The number of rotatable bonds is 3. The van der Waals surface area contributed by atoms with E-state index in [1.54, 1.807) is 0 Å². The highest BCUT2D eigenvalue weighted by Crippen LogP contribution is 2.43. The molecular weight excluding hydrogens is 429 g/mol. The number of aldehydes is 1. The summed E-state index contributed by atoms with van der Waals surface area (Å²) in [5, 5.41) is -0.572. The fourth-order valence-corrected chi connectivity index (χ4v) is 4.44. The number of fused-ring (bicyclic) bond motifs is 1. The van der Waals surface area contributed by atoms with Gasteiger partial charge in [-0.2, -0.15) is 13.2 Å². The second-order valence-corrected chi connectivity index (χ2v) is 8.32. The van der Waals surface area contributed by atoms with Crippen LogP contribution in [0.25, 0.3) is 0 Å². The number of hydrogen-bond donors (Lipinski definition) is 0. The number of carbonyl (C=O) groups excluding carboxylic acids is 1. The van der Waals surface area contributed by atoms with Crippen LogP contribution in [0, 0.1) is 11.6 Å². The van der Waals surface area contributed by atoms with Crippen LogP contribution in [-0.2, 0) is 16.3 Å². The summed E-state index contributed by atoms with van der Waals surface area (Å²) in [4.78, 5) is 11.3. The van der Waals surface area contributed by atoms with Crippen molar-refractivity contribution in [2.24, 2.45) is 0 Å². The third-order valence-corrected chi connectivity index (χ3v) is 6.27. The van der Waals surface area contributed by atoms with E-state index in [0.717, 1.165) is 12.1 Å². The van der Waals surface area contributed by atoms with Gasteiger partial charge in [-0.15, -0.1) is 0 Å². The van der Waals surface area contributed by atoms with Crippen molar-refractivity contribution in [3.63, 3.8) is 0 Å². The second kappa shape index (κ2) is 7.00. The number of nitrogens with zero attached hydrogens (tertiary/aromatic N) is 1. The Morgan fingerprint density at radius 1 is 1.14 bits per heavy atom. The average Bonchev–Trinajstić information content (AvgIpc) is 2.59. The maximum absolute atomic E-state index is 14.4. The van der Waals surface area contributed by atoms with E-state index in [4.69, 9.17) is 11.6 Å². The van der Waals surface area contributed by atoms with Gasteiger partial charge >= 0.3 is 5.51 Å². The molecule has 2 aromatic carbocycles. The first-order valence-corrected chi connectivity index (χ1v) is 9.69. The Balaban J connectivity index is 2.21. The minimum atomic E-state index is -5.82. The maximum Gasteiger partial charge on any atom is 0.501 e. The molecule has 0 amide bonds. The molecule has 0 N–H and O–H groups in total. The number of benzene rings is 2. The minimum absolute atomic E-state index is 0.0298. The molecule has 1 aliphatic heterocycles. The van der Waals surface area contributed by atoms with Crippen LogP contribution < -0.4 is 4.90 Å². The lowest BCUT2D eigenvalue weighted by Crippen LogP contribution is -2.27. The first-order chi connectivity index (χ1) is 13.0. The maximum atomic E-state index is 14.4. The van der Waals surface area contributed by atoms with Crippen LogP contribution in [0.15, 0.2) is 29.2 Å². The van der Waals surface area contributed by atoms with Gasteiger partial charge in [-0.05, 0) is 36.6 Å². The van der Waals surface area contributed by atoms with Gasteiger partial charge in [0.15, 0.2) is 6.29 Å². The number of sulfone groups is 1. The molecule has 0 radical (unpaired) electrons. The number of alkyl halides is 3. The molecular formula is C17H11ClF5NO3S. The molecule has 0 saturated carbocycles. The zero-order valence-electron chi connectivity index (χ0n) is 13.9. The zero-order valence-corrected chi connectivity index (χ0v) is 15.4. The van der Waals surface area contributed by atoms with Crippen molar-refractivity contribution in [3.8, 4) is 0 Å². The van der Waals surface area contributed by atoms with Gasteiger partial charge in [-0.3, -0.25) is 4.79 Å². The quantitative estimate of drug-likeness (QED) is 0.509. The van der Waals surface area contributed by atoms with Gasteiger partial charge < -0.3 is 4.90 Å². The van der Waals surface area contributed by atoms with E-state index in [0.29, 0.717) is 30.5 Å². The van der Waals surface area contributed by atoms with Gasteiger partial charge in [0.25, 0.3) is 9.84 Å². The van der Waals surface area contributed by atoms with E-state index < -0.39 is 42.5 Å². The van der Waals surface area contributed by atoms with Crippen LogP contribution in [-0.4, -0.2) is 26.8 Å². The van der Waals surface area contributed by atoms with Crippen molar-refractivity contribution in [1.29, 1.82) is 0 Å². The fourth-order valence-electron chi connectivity index (χ4n) is 3.13. The summed E-state index contributed by atoms with van der Waals surface area (Å²) < 4.78 is 89.9. The van der Waals surface area contributed by atoms with Gasteiger partial charge in [-0.25, -0.2) is 17.2 Å². The van der Waals surface area contributed by atoms with E-state index in [1.807, 2.05) is 0 Å². The molecule has 2 aromatic rings. The van der Waals surface area contributed by atoms with Crippen molar-refractivity contribution in [3.05, 3.63) is 52.0 Å². The Hall–Kier alpha value is -2.20. The summed E-state index contributed by atoms with van der Waals surface area (Å²) in [7, 11) is -5.82. The van der Waals surface area contributed by atoms with Gasteiger partial charge in [0.05, 0.1) is 26.9 Å². The standard InChI is InChI=1S/C17H11ClF5NO3S/c18-15-11(8-25)14(28(26,27)17(21,22)23)4-3-13(15)24-5-1-2-9-6-10(19)7-12(20)16(9)24/h3-4,6-8H,1-2,5H2.